The van der Waals surface area contributed by atoms with Crippen LogP contribution in [0.25, 0.3) is 45.5 Å². The maximum atomic E-state index is 17.3. The van der Waals surface area contributed by atoms with Crippen LogP contribution >= 0.6 is 0 Å². The molecule has 0 radical (unpaired) electrons. The Balaban J connectivity index is 1.01. The quantitative estimate of drug-likeness (QED) is 0.0615. The maximum Gasteiger partial charge on any atom is 0.197 e. The molecule has 0 fully saturated rings. The standard InChI is InChI=1S/C78H46F9NO2/c1-3-45-13-31-55(32-14-45)89-57-35-21-49(22-36-57)77(67-43-69(80)73(84)75(86)71(67)82)63-11-7-5-9-59(63)61-39-29-53(41-65(61)77)88(52-27-19-48(20-28-52)47-17-25-51(79)26-18-47)54-30-40-62-60-10-6-8-12-64(60)78(66(62)42-54,68-44-70(81)74(85)76(87)72(68)83)50-23-37-58(38-24-50)90-56-33-15-46(4-2)16-34-56/h3-44H,1-2H2. The van der Waals surface area contributed by atoms with E-state index in [1.54, 1.807) is 182 Å². The molecule has 12 aromatic carbocycles. The van der Waals surface area contributed by atoms with Crippen LogP contribution < -0.4 is 14.4 Å². The molecule has 0 bridgehead atoms. The fourth-order valence-corrected chi connectivity index (χ4v) is 13.1. The lowest BCUT2D eigenvalue weighted by atomic mass is 9.67. The van der Waals surface area contributed by atoms with Crippen molar-refractivity contribution >= 4 is 29.2 Å². The van der Waals surface area contributed by atoms with Crippen LogP contribution in [0.2, 0.25) is 0 Å². The van der Waals surface area contributed by atoms with E-state index in [-0.39, 0.29) is 0 Å². The smallest absolute Gasteiger partial charge is 0.197 e. The Hall–Kier alpha value is -11.1. The molecule has 2 aliphatic carbocycles. The monoisotopic (exact) mass is 1200 g/mol. The van der Waals surface area contributed by atoms with Gasteiger partial charge in [0.2, 0.25) is 0 Å². The molecule has 3 nitrogen and oxygen atoms in total. The van der Waals surface area contributed by atoms with Crippen LogP contribution in [0.3, 0.4) is 0 Å². The number of rotatable bonds is 14. The minimum Gasteiger partial charge on any atom is -0.457 e. The summed E-state index contributed by atoms with van der Waals surface area (Å²) in [5, 5.41) is 0. The summed E-state index contributed by atoms with van der Waals surface area (Å²) in [7, 11) is 0. The SMILES string of the molecule is C=Cc1ccc(Oc2ccc(C3(c4cc(F)c(F)c(F)c4F)c4ccccc4-c4ccc(N(c5ccc(-c6ccc(F)cc6)cc5)c5ccc6c(c5)C(c5ccc(Oc7ccc(C=C)cc7)cc5)(c5cc(F)c(F)c(F)c5F)c5ccccc5-6)cc43)cc2)cc1. The van der Waals surface area contributed by atoms with Crippen molar-refractivity contribution in [3.8, 4) is 56.4 Å². The van der Waals surface area contributed by atoms with Crippen LogP contribution in [-0.2, 0) is 10.8 Å². The van der Waals surface area contributed by atoms with Gasteiger partial charge in [-0.05, 0) is 187 Å². The fraction of sp³-hybridized carbons (Fsp3) is 0.0256. The zero-order chi connectivity index (χ0) is 62.2. The van der Waals surface area contributed by atoms with Crippen molar-refractivity contribution in [3.63, 3.8) is 0 Å². The van der Waals surface area contributed by atoms with E-state index in [0.29, 0.717) is 119 Å². The first-order valence-corrected chi connectivity index (χ1v) is 28.5. The summed E-state index contributed by atoms with van der Waals surface area (Å²) < 4.78 is 157. The Morgan fingerprint density at radius 2 is 0.644 bits per heavy atom. The molecule has 0 N–H and O–H groups in total. The average Bonchev–Trinajstić information content (AvgIpc) is 1.51. The van der Waals surface area contributed by atoms with Crippen LogP contribution in [0, 0.1) is 52.4 Å². The molecular formula is C78H46F9NO2. The molecule has 0 saturated heterocycles. The van der Waals surface area contributed by atoms with E-state index in [0.717, 1.165) is 11.1 Å². The summed E-state index contributed by atoms with van der Waals surface area (Å²) in [5.41, 5.74) is 3.80. The van der Waals surface area contributed by atoms with Crippen molar-refractivity contribution in [2.75, 3.05) is 4.90 Å². The van der Waals surface area contributed by atoms with Crippen LogP contribution in [0.1, 0.15) is 55.6 Å². The number of anilines is 3. The van der Waals surface area contributed by atoms with Gasteiger partial charge in [-0.3, -0.25) is 0 Å². The number of nitrogens with zero attached hydrogens (tertiary/aromatic N) is 1. The highest BCUT2D eigenvalue weighted by Gasteiger charge is 2.51. The third kappa shape index (κ3) is 9.08. The molecule has 0 saturated carbocycles. The first-order valence-electron chi connectivity index (χ1n) is 28.5. The Morgan fingerprint density at radius 1 is 0.300 bits per heavy atom. The minimum atomic E-state index is -2.02. The number of fused-ring (bicyclic) bond motifs is 6. The van der Waals surface area contributed by atoms with Crippen LogP contribution in [0.4, 0.5) is 56.6 Å². The molecular weight excluding hydrogens is 1150 g/mol. The average molecular weight is 1200 g/mol. The summed E-state index contributed by atoms with van der Waals surface area (Å²) in [6.45, 7) is 7.63. The van der Waals surface area contributed by atoms with E-state index < -0.39 is 74.3 Å². The van der Waals surface area contributed by atoms with Gasteiger partial charge in [0.15, 0.2) is 46.5 Å². The second kappa shape index (κ2) is 22.2. The van der Waals surface area contributed by atoms with Gasteiger partial charge in [-0.15, -0.1) is 0 Å². The van der Waals surface area contributed by atoms with Crippen molar-refractivity contribution < 1.29 is 49.0 Å². The first kappa shape index (κ1) is 56.7. The van der Waals surface area contributed by atoms with Gasteiger partial charge in [0.1, 0.15) is 28.8 Å². The van der Waals surface area contributed by atoms with Crippen LogP contribution in [0.5, 0.6) is 23.0 Å². The largest absolute Gasteiger partial charge is 0.457 e. The van der Waals surface area contributed by atoms with Gasteiger partial charge in [-0.25, -0.2) is 39.5 Å². The molecule has 0 aliphatic heterocycles. The van der Waals surface area contributed by atoms with Gasteiger partial charge in [0, 0.05) is 28.2 Å². The third-order valence-corrected chi connectivity index (χ3v) is 17.2. The topological polar surface area (TPSA) is 21.7 Å². The summed E-state index contributed by atoms with van der Waals surface area (Å²) in [6.07, 6.45) is 3.38. The second-order valence-electron chi connectivity index (χ2n) is 21.9. The summed E-state index contributed by atoms with van der Waals surface area (Å²) in [5.74, 6) is -13.2. The molecule has 2 aliphatic rings. The number of benzene rings is 12. The molecule has 0 heterocycles. The Labute approximate surface area is 511 Å². The molecule has 12 aromatic rings. The minimum absolute atomic E-state index is 0.322. The van der Waals surface area contributed by atoms with Gasteiger partial charge in [0.25, 0.3) is 0 Å². The van der Waals surface area contributed by atoms with Gasteiger partial charge >= 0.3 is 0 Å². The number of hydrogen-bond acceptors (Lipinski definition) is 3. The summed E-state index contributed by atoms with van der Waals surface area (Å²) in [6, 6.07) is 66.9. The number of ether oxygens (including phenoxy) is 2. The van der Waals surface area contributed by atoms with Crippen molar-refractivity contribution in [2.24, 2.45) is 0 Å². The van der Waals surface area contributed by atoms with Gasteiger partial charge < -0.3 is 14.4 Å². The molecule has 2 unspecified atom stereocenters. The maximum absolute atomic E-state index is 17.3. The van der Waals surface area contributed by atoms with Crippen molar-refractivity contribution in [1.82, 2.24) is 0 Å². The predicted octanol–water partition coefficient (Wildman–Crippen LogP) is 21.7. The molecule has 0 spiro atoms. The lowest BCUT2D eigenvalue weighted by Gasteiger charge is -2.36. The molecule has 12 heteroatoms. The van der Waals surface area contributed by atoms with Crippen molar-refractivity contribution in [3.05, 3.63) is 364 Å². The summed E-state index contributed by atoms with van der Waals surface area (Å²) >= 11 is 0. The normalized spacial score (nSPS) is 15.1. The van der Waals surface area contributed by atoms with E-state index >= 15 is 35.1 Å². The zero-order valence-corrected chi connectivity index (χ0v) is 47.3. The lowest BCUT2D eigenvalue weighted by molar-refractivity contribution is 0.399. The molecule has 438 valence electrons. The van der Waals surface area contributed by atoms with Gasteiger partial charge in [-0.2, -0.15) is 0 Å². The Bertz CT molecular complexity index is 4580. The third-order valence-electron chi connectivity index (χ3n) is 17.2. The van der Waals surface area contributed by atoms with Gasteiger partial charge in [-0.1, -0.05) is 159 Å². The van der Waals surface area contributed by atoms with E-state index in [4.69, 9.17) is 9.47 Å². The summed E-state index contributed by atoms with van der Waals surface area (Å²) in [4.78, 5) is 1.84. The molecule has 0 aromatic heterocycles. The van der Waals surface area contributed by atoms with Crippen molar-refractivity contribution in [1.29, 1.82) is 0 Å². The first-order chi connectivity index (χ1) is 43.7. The highest BCUT2D eigenvalue weighted by Crippen LogP contribution is 2.61. The van der Waals surface area contributed by atoms with E-state index in [1.807, 2.05) is 53.4 Å². The molecule has 2 atom stereocenters. The lowest BCUT2D eigenvalue weighted by Crippen LogP contribution is -2.31. The Morgan fingerprint density at radius 3 is 1.03 bits per heavy atom. The zero-order valence-electron chi connectivity index (χ0n) is 47.3. The highest BCUT2D eigenvalue weighted by molar-refractivity contribution is 5.93. The fourth-order valence-electron chi connectivity index (χ4n) is 13.1. The molecule has 0 amide bonds. The van der Waals surface area contributed by atoms with E-state index in [9.17, 15) is 4.39 Å². The van der Waals surface area contributed by atoms with Gasteiger partial charge in [0.05, 0.1) is 10.8 Å². The van der Waals surface area contributed by atoms with E-state index in [2.05, 4.69) is 13.2 Å². The second-order valence-corrected chi connectivity index (χ2v) is 21.9. The number of halogens is 9. The molecule has 90 heavy (non-hydrogen) atoms. The Kier molecular flexibility index (Phi) is 14.0. The van der Waals surface area contributed by atoms with Crippen molar-refractivity contribution in [2.45, 2.75) is 10.8 Å². The van der Waals surface area contributed by atoms with Crippen LogP contribution in [0.15, 0.2) is 256 Å². The molecule has 14 rings (SSSR count). The number of hydrogen-bond donors (Lipinski definition) is 0. The highest BCUT2D eigenvalue weighted by atomic mass is 19.2. The predicted molar refractivity (Wildman–Crippen MR) is 334 cm³/mol. The van der Waals surface area contributed by atoms with Crippen LogP contribution in [-0.4, -0.2) is 0 Å². The van der Waals surface area contributed by atoms with E-state index in [1.165, 1.54) is 12.1 Å².